The number of alkyl halides is 3. The Morgan fingerprint density at radius 1 is 1.21 bits per heavy atom. The van der Waals surface area contributed by atoms with Crippen molar-refractivity contribution in [2.45, 2.75) is 13.1 Å². The van der Waals surface area contributed by atoms with E-state index in [0.29, 0.717) is 4.52 Å². The van der Waals surface area contributed by atoms with Crippen molar-refractivity contribution in [3.8, 4) is 22.6 Å². The number of carboxylic acids is 1. The Bertz CT molecular complexity index is 1300. The highest BCUT2D eigenvalue weighted by atomic mass is 19.4. The molecule has 148 valence electrons. The second kappa shape index (κ2) is 6.33. The number of halogens is 3. The molecule has 0 spiro atoms. The van der Waals surface area contributed by atoms with E-state index in [0.717, 1.165) is 6.26 Å². The molecule has 8 nitrogen and oxygen atoms in total. The van der Waals surface area contributed by atoms with Crippen LogP contribution in [0, 0.1) is 6.92 Å². The van der Waals surface area contributed by atoms with Gasteiger partial charge in [0.15, 0.2) is 11.4 Å². The van der Waals surface area contributed by atoms with E-state index in [1.165, 1.54) is 19.1 Å². The third-order valence-corrected chi connectivity index (χ3v) is 4.24. The quantitative estimate of drug-likeness (QED) is 0.541. The second-order valence-corrected chi connectivity index (χ2v) is 6.12. The highest BCUT2D eigenvalue weighted by molar-refractivity contribution is 5.85. The van der Waals surface area contributed by atoms with E-state index in [2.05, 4.69) is 15.1 Å². The minimum Gasteiger partial charge on any atom is -0.476 e. The normalized spacial score (nSPS) is 11.9. The fraction of sp³-hybridized carbons (Fsp3) is 0.111. The number of carboxylic acid groups (broad SMARTS) is 1. The van der Waals surface area contributed by atoms with Crippen LogP contribution in [0.3, 0.4) is 0 Å². The van der Waals surface area contributed by atoms with Crippen LogP contribution in [0.25, 0.3) is 28.2 Å². The number of hydrogen-bond donors (Lipinski definition) is 2. The lowest BCUT2D eigenvalue weighted by molar-refractivity contribution is -0.140. The Kier molecular flexibility index (Phi) is 4.03. The van der Waals surface area contributed by atoms with Crippen molar-refractivity contribution in [2.24, 2.45) is 0 Å². The number of aryl methyl sites for hydroxylation is 1. The summed E-state index contributed by atoms with van der Waals surface area (Å²) in [4.78, 5) is 30.4. The summed E-state index contributed by atoms with van der Waals surface area (Å²) in [5.74, 6) is -1.71. The standard InChI is InChI=1S/C18H11F3N4O4/c1-8-11(15-23-10(7-29-15)17(27)28)16(26)25-14(22-8)12(9-5-3-2-4-6-9)13(24-25)18(19,20)21/h2-7,22H,1H3,(H,27,28). The summed E-state index contributed by atoms with van der Waals surface area (Å²) in [6, 6.07) is 7.73. The van der Waals surface area contributed by atoms with Gasteiger partial charge < -0.3 is 14.5 Å². The maximum atomic E-state index is 13.6. The smallest absolute Gasteiger partial charge is 0.435 e. The number of benzene rings is 1. The average molecular weight is 404 g/mol. The number of nitrogens with zero attached hydrogens (tertiary/aromatic N) is 3. The van der Waals surface area contributed by atoms with Crippen molar-refractivity contribution in [3.63, 3.8) is 0 Å². The number of fused-ring (bicyclic) bond motifs is 1. The van der Waals surface area contributed by atoms with Crippen molar-refractivity contribution in [2.75, 3.05) is 0 Å². The van der Waals surface area contributed by atoms with E-state index >= 15 is 0 Å². The molecule has 0 amide bonds. The predicted octanol–water partition coefficient (Wildman–Crippen LogP) is 3.37. The maximum Gasteiger partial charge on any atom is 0.435 e. The van der Waals surface area contributed by atoms with Gasteiger partial charge in [0.2, 0.25) is 5.89 Å². The van der Waals surface area contributed by atoms with Crippen LogP contribution in [0.1, 0.15) is 21.9 Å². The number of aromatic nitrogens is 4. The number of aromatic carboxylic acids is 1. The Morgan fingerprint density at radius 2 is 1.90 bits per heavy atom. The lowest BCUT2D eigenvalue weighted by Gasteiger charge is -2.07. The molecule has 2 N–H and O–H groups in total. The zero-order valence-electron chi connectivity index (χ0n) is 14.6. The van der Waals surface area contributed by atoms with Gasteiger partial charge in [0, 0.05) is 5.69 Å². The number of oxazole rings is 1. The van der Waals surface area contributed by atoms with Crippen molar-refractivity contribution < 1.29 is 27.5 Å². The van der Waals surface area contributed by atoms with Crippen LogP contribution >= 0.6 is 0 Å². The van der Waals surface area contributed by atoms with Gasteiger partial charge in [-0.05, 0) is 12.5 Å². The molecule has 0 aliphatic rings. The first-order valence-electron chi connectivity index (χ1n) is 8.16. The van der Waals surface area contributed by atoms with Gasteiger partial charge in [0.1, 0.15) is 17.5 Å². The summed E-state index contributed by atoms with van der Waals surface area (Å²) >= 11 is 0. The molecular formula is C18H11F3N4O4. The molecule has 0 aliphatic heterocycles. The minimum atomic E-state index is -4.81. The van der Waals surface area contributed by atoms with Gasteiger partial charge in [-0.25, -0.2) is 9.78 Å². The van der Waals surface area contributed by atoms with Gasteiger partial charge in [-0.2, -0.15) is 22.8 Å². The topological polar surface area (TPSA) is 113 Å². The Hall–Kier alpha value is -3.89. The van der Waals surface area contributed by atoms with Crippen LogP contribution in [0.4, 0.5) is 13.2 Å². The van der Waals surface area contributed by atoms with Gasteiger partial charge in [-0.1, -0.05) is 30.3 Å². The first-order chi connectivity index (χ1) is 13.7. The predicted molar refractivity (Wildman–Crippen MR) is 93.4 cm³/mol. The molecule has 0 radical (unpaired) electrons. The number of aromatic amines is 1. The van der Waals surface area contributed by atoms with Gasteiger partial charge in [-0.15, -0.1) is 0 Å². The average Bonchev–Trinajstić information content (AvgIpc) is 3.27. The molecule has 1 aromatic carbocycles. The molecule has 3 aromatic heterocycles. The SMILES string of the molecule is Cc1[nH]c2c(-c3ccccc3)c(C(F)(F)F)nn2c(=O)c1-c1nc(C(=O)O)co1. The monoisotopic (exact) mass is 404 g/mol. The van der Waals surface area contributed by atoms with Crippen LogP contribution in [0.15, 0.2) is 45.8 Å². The highest BCUT2D eigenvalue weighted by Gasteiger charge is 2.39. The minimum absolute atomic E-state index is 0.145. The third kappa shape index (κ3) is 2.96. The van der Waals surface area contributed by atoms with Crippen LogP contribution in [-0.4, -0.2) is 30.7 Å². The summed E-state index contributed by atoms with van der Waals surface area (Å²) in [5.41, 5.74) is -2.88. The fourth-order valence-electron chi connectivity index (χ4n) is 3.00. The van der Waals surface area contributed by atoms with Gasteiger partial charge >= 0.3 is 12.1 Å². The van der Waals surface area contributed by atoms with Crippen molar-refractivity contribution in [1.82, 2.24) is 19.6 Å². The maximum absolute atomic E-state index is 13.6. The molecule has 0 atom stereocenters. The molecule has 0 saturated heterocycles. The molecule has 0 bridgehead atoms. The zero-order chi connectivity index (χ0) is 20.9. The van der Waals surface area contributed by atoms with Gasteiger partial charge in [0.25, 0.3) is 5.56 Å². The molecule has 4 aromatic rings. The first-order valence-corrected chi connectivity index (χ1v) is 8.16. The molecular weight excluding hydrogens is 393 g/mol. The van der Waals surface area contributed by atoms with E-state index < -0.39 is 29.1 Å². The fourth-order valence-corrected chi connectivity index (χ4v) is 3.00. The van der Waals surface area contributed by atoms with Gasteiger partial charge in [-0.3, -0.25) is 4.79 Å². The third-order valence-electron chi connectivity index (χ3n) is 4.24. The summed E-state index contributed by atoms with van der Waals surface area (Å²) in [5, 5.41) is 12.5. The summed E-state index contributed by atoms with van der Waals surface area (Å²) < 4.78 is 46.5. The summed E-state index contributed by atoms with van der Waals surface area (Å²) in [7, 11) is 0. The number of carbonyl (C=O) groups is 1. The molecule has 0 unspecified atom stereocenters. The van der Waals surface area contributed by atoms with Crippen LogP contribution in [-0.2, 0) is 6.18 Å². The lowest BCUT2D eigenvalue weighted by Crippen LogP contribution is -2.20. The largest absolute Gasteiger partial charge is 0.476 e. The van der Waals surface area contributed by atoms with Crippen LogP contribution in [0.5, 0.6) is 0 Å². The molecule has 0 fully saturated rings. The summed E-state index contributed by atoms with van der Waals surface area (Å²) in [6.07, 6.45) is -3.98. The molecule has 3 heterocycles. The van der Waals surface area contributed by atoms with Gasteiger partial charge in [0.05, 0.1) is 5.56 Å². The zero-order valence-corrected chi connectivity index (χ0v) is 14.6. The number of nitrogens with one attached hydrogen (secondary N) is 1. The molecule has 4 rings (SSSR count). The molecule has 0 aliphatic carbocycles. The van der Waals surface area contributed by atoms with E-state index in [-0.39, 0.29) is 33.9 Å². The van der Waals surface area contributed by atoms with Crippen LogP contribution < -0.4 is 5.56 Å². The van der Waals surface area contributed by atoms with E-state index in [1.807, 2.05) is 0 Å². The lowest BCUT2D eigenvalue weighted by atomic mass is 10.1. The van der Waals surface area contributed by atoms with Crippen molar-refractivity contribution in [3.05, 3.63) is 64.0 Å². The first kappa shape index (κ1) is 18.5. The Balaban J connectivity index is 2.05. The number of H-pyrrole nitrogens is 1. The number of hydrogen-bond acceptors (Lipinski definition) is 5. The van der Waals surface area contributed by atoms with Crippen molar-refractivity contribution in [1.29, 1.82) is 0 Å². The highest BCUT2D eigenvalue weighted by Crippen LogP contribution is 2.38. The van der Waals surface area contributed by atoms with Crippen LogP contribution in [0.2, 0.25) is 0 Å². The van der Waals surface area contributed by atoms with E-state index in [1.54, 1.807) is 18.2 Å². The Labute approximate surface area is 159 Å². The molecule has 0 saturated carbocycles. The van der Waals surface area contributed by atoms with Crippen molar-refractivity contribution >= 4 is 11.6 Å². The Morgan fingerprint density at radius 3 is 2.48 bits per heavy atom. The van der Waals surface area contributed by atoms with E-state index in [4.69, 9.17) is 9.52 Å². The molecule has 11 heteroatoms. The summed E-state index contributed by atoms with van der Waals surface area (Å²) in [6.45, 7) is 1.44. The number of rotatable bonds is 3. The second-order valence-electron chi connectivity index (χ2n) is 6.12. The van der Waals surface area contributed by atoms with E-state index in [9.17, 15) is 22.8 Å². The molecule has 29 heavy (non-hydrogen) atoms.